The lowest BCUT2D eigenvalue weighted by Crippen LogP contribution is -2.48. The summed E-state index contributed by atoms with van der Waals surface area (Å²) in [6.07, 6.45) is 0. The van der Waals surface area contributed by atoms with Gasteiger partial charge in [0.2, 0.25) is 5.91 Å². The zero-order chi connectivity index (χ0) is 13.9. The normalized spacial score (nSPS) is 12.5. The number of halogens is 3. The summed E-state index contributed by atoms with van der Waals surface area (Å²) in [6.45, 7) is 5.69. The molecule has 3 N–H and O–H groups in total. The lowest BCUT2D eigenvalue weighted by molar-refractivity contribution is -0.124. The van der Waals surface area contributed by atoms with Crippen LogP contribution in [0.2, 0.25) is 0 Å². The number of hydrogen-bond donors (Lipinski definition) is 2. The van der Waals surface area contributed by atoms with Gasteiger partial charge in [0.15, 0.2) is 11.6 Å². The van der Waals surface area contributed by atoms with Crippen LogP contribution in [-0.2, 0) is 11.3 Å². The minimum Gasteiger partial charge on any atom is -0.351 e. The Morgan fingerprint density at radius 1 is 1.32 bits per heavy atom. The highest BCUT2D eigenvalue weighted by Crippen LogP contribution is 2.17. The number of carbonyl (C=O) groups excluding carboxylic acids is 1. The van der Waals surface area contributed by atoms with Crippen molar-refractivity contribution in [2.45, 2.75) is 33.4 Å². The van der Waals surface area contributed by atoms with E-state index in [4.69, 9.17) is 5.73 Å². The molecule has 1 aromatic carbocycles. The Kier molecular flexibility index (Phi) is 6.39. The average molecular weight is 293 g/mol. The number of carbonyl (C=O) groups is 1. The summed E-state index contributed by atoms with van der Waals surface area (Å²) < 4.78 is 25.6. The van der Waals surface area contributed by atoms with Gasteiger partial charge in [-0.2, -0.15) is 0 Å². The van der Waals surface area contributed by atoms with Crippen molar-refractivity contribution in [3.05, 3.63) is 35.4 Å². The Hall–Kier alpha value is -1.20. The van der Waals surface area contributed by atoms with Crippen molar-refractivity contribution < 1.29 is 13.6 Å². The van der Waals surface area contributed by atoms with Gasteiger partial charge < -0.3 is 11.1 Å². The van der Waals surface area contributed by atoms with Gasteiger partial charge in [-0.3, -0.25) is 4.79 Å². The summed E-state index contributed by atoms with van der Waals surface area (Å²) in [5.74, 6) is -2.15. The van der Waals surface area contributed by atoms with Crippen LogP contribution in [0.15, 0.2) is 18.2 Å². The van der Waals surface area contributed by atoms with Crippen LogP contribution >= 0.6 is 12.4 Å². The van der Waals surface area contributed by atoms with E-state index >= 15 is 0 Å². The first-order chi connectivity index (χ1) is 8.21. The summed E-state index contributed by atoms with van der Waals surface area (Å²) in [4.78, 5) is 11.7. The third-order valence-corrected chi connectivity index (χ3v) is 2.67. The van der Waals surface area contributed by atoms with E-state index in [0.717, 1.165) is 12.1 Å². The van der Waals surface area contributed by atoms with E-state index in [9.17, 15) is 13.6 Å². The fourth-order valence-corrected chi connectivity index (χ4v) is 1.34. The number of nitrogens with two attached hydrogens (primary N) is 1. The third kappa shape index (κ3) is 5.12. The van der Waals surface area contributed by atoms with E-state index < -0.39 is 17.7 Å². The van der Waals surface area contributed by atoms with Crippen LogP contribution in [0.5, 0.6) is 0 Å². The molecule has 0 saturated carbocycles. The second-order valence-electron chi connectivity index (χ2n) is 5.31. The molecule has 6 heteroatoms. The summed E-state index contributed by atoms with van der Waals surface area (Å²) >= 11 is 0. The molecule has 19 heavy (non-hydrogen) atoms. The van der Waals surface area contributed by atoms with Gasteiger partial charge >= 0.3 is 0 Å². The van der Waals surface area contributed by atoms with Crippen molar-refractivity contribution in [1.82, 2.24) is 5.32 Å². The molecule has 0 radical (unpaired) electrons. The van der Waals surface area contributed by atoms with Gasteiger partial charge in [-0.05, 0) is 23.1 Å². The predicted molar refractivity (Wildman–Crippen MR) is 72.9 cm³/mol. The van der Waals surface area contributed by atoms with Gasteiger partial charge in [-0.1, -0.05) is 26.8 Å². The van der Waals surface area contributed by atoms with Crippen molar-refractivity contribution in [2.24, 2.45) is 11.1 Å². The molecule has 0 aliphatic heterocycles. The molecule has 0 spiro atoms. The van der Waals surface area contributed by atoms with Crippen LogP contribution in [-0.4, -0.2) is 11.9 Å². The van der Waals surface area contributed by atoms with Crippen LogP contribution in [0.1, 0.15) is 26.3 Å². The topological polar surface area (TPSA) is 55.1 Å². The number of benzene rings is 1. The second kappa shape index (κ2) is 6.82. The molecule has 0 aromatic heterocycles. The van der Waals surface area contributed by atoms with Gasteiger partial charge in [0.1, 0.15) is 0 Å². The van der Waals surface area contributed by atoms with Crippen molar-refractivity contribution in [1.29, 1.82) is 0 Å². The van der Waals surface area contributed by atoms with E-state index in [1.807, 2.05) is 20.8 Å². The largest absolute Gasteiger partial charge is 0.351 e. The van der Waals surface area contributed by atoms with E-state index in [1.54, 1.807) is 0 Å². The lowest BCUT2D eigenvalue weighted by Gasteiger charge is -2.25. The predicted octanol–water partition coefficient (Wildman–Crippen LogP) is 2.38. The molecule has 0 fully saturated rings. The Morgan fingerprint density at radius 2 is 1.89 bits per heavy atom. The van der Waals surface area contributed by atoms with Gasteiger partial charge in [0, 0.05) is 6.54 Å². The van der Waals surface area contributed by atoms with Crippen molar-refractivity contribution in [3.63, 3.8) is 0 Å². The maximum absolute atomic E-state index is 12.9. The Balaban J connectivity index is 0.00000324. The van der Waals surface area contributed by atoms with Crippen LogP contribution < -0.4 is 11.1 Å². The molecule has 0 unspecified atom stereocenters. The molecule has 0 aliphatic rings. The molecular formula is C13H19ClF2N2O. The Morgan fingerprint density at radius 3 is 2.37 bits per heavy atom. The van der Waals surface area contributed by atoms with Gasteiger partial charge in [-0.25, -0.2) is 8.78 Å². The quantitative estimate of drug-likeness (QED) is 0.899. The van der Waals surface area contributed by atoms with Crippen molar-refractivity contribution in [2.75, 3.05) is 0 Å². The summed E-state index contributed by atoms with van der Waals surface area (Å²) in [5, 5.41) is 2.60. The molecule has 3 nitrogen and oxygen atoms in total. The van der Waals surface area contributed by atoms with Gasteiger partial charge in [0.25, 0.3) is 0 Å². The molecule has 1 aromatic rings. The Bertz CT molecular complexity index is 447. The molecule has 108 valence electrons. The van der Waals surface area contributed by atoms with Crippen molar-refractivity contribution in [3.8, 4) is 0 Å². The minimum atomic E-state index is -0.929. The van der Waals surface area contributed by atoms with E-state index in [2.05, 4.69) is 5.32 Å². The first kappa shape index (κ1) is 17.8. The molecule has 0 bridgehead atoms. The summed E-state index contributed by atoms with van der Waals surface area (Å²) in [5.41, 5.74) is 5.91. The zero-order valence-corrected chi connectivity index (χ0v) is 12.0. The summed E-state index contributed by atoms with van der Waals surface area (Å²) in [7, 11) is 0. The monoisotopic (exact) mass is 292 g/mol. The molecular weight excluding hydrogens is 274 g/mol. The molecule has 1 rings (SSSR count). The standard InChI is InChI=1S/C13H18F2N2O.ClH/c1-13(2,3)11(16)12(18)17-7-8-4-5-9(14)10(15)6-8;/h4-6,11H,7,16H2,1-3H3,(H,17,18);1H/t11-;/m1./s1. The maximum atomic E-state index is 12.9. The molecule has 0 heterocycles. The number of hydrogen-bond acceptors (Lipinski definition) is 2. The highest BCUT2D eigenvalue weighted by atomic mass is 35.5. The smallest absolute Gasteiger partial charge is 0.237 e. The SMILES string of the molecule is CC(C)(C)[C@H](N)C(=O)NCc1ccc(F)c(F)c1.Cl. The highest BCUT2D eigenvalue weighted by molar-refractivity contribution is 5.85. The van der Waals surface area contributed by atoms with Crippen LogP contribution in [0.4, 0.5) is 8.78 Å². The number of rotatable bonds is 3. The lowest BCUT2D eigenvalue weighted by atomic mass is 9.87. The molecule has 0 saturated heterocycles. The fraction of sp³-hybridized carbons (Fsp3) is 0.462. The summed E-state index contributed by atoms with van der Waals surface area (Å²) in [6, 6.07) is 2.85. The first-order valence-corrected chi connectivity index (χ1v) is 5.69. The fourth-order valence-electron chi connectivity index (χ4n) is 1.34. The van der Waals surface area contributed by atoms with Crippen molar-refractivity contribution >= 4 is 18.3 Å². The zero-order valence-electron chi connectivity index (χ0n) is 11.2. The average Bonchev–Trinajstić information content (AvgIpc) is 2.28. The molecule has 1 atom stereocenters. The van der Waals surface area contributed by atoms with Crippen LogP contribution in [0.25, 0.3) is 0 Å². The third-order valence-electron chi connectivity index (χ3n) is 2.67. The molecule has 0 aliphatic carbocycles. The van der Waals surface area contributed by atoms with E-state index in [0.29, 0.717) is 5.56 Å². The van der Waals surface area contributed by atoms with Crippen LogP contribution in [0.3, 0.4) is 0 Å². The first-order valence-electron chi connectivity index (χ1n) is 5.69. The van der Waals surface area contributed by atoms with Gasteiger partial charge in [0.05, 0.1) is 6.04 Å². The number of amides is 1. The highest BCUT2D eigenvalue weighted by Gasteiger charge is 2.27. The minimum absolute atomic E-state index is 0. The number of nitrogens with one attached hydrogen (secondary N) is 1. The van der Waals surface area contributed by atoms with Gasteiger partial charge in [-0.15, -0.1) is 12.4 Å². The second-order valence-corrected chi connectivity index (χ2v) is 5.31. The maximum Gasteiger partial charge on any atom is 0.237 e. The van der Waals surface area contributed by atoms with E-state index in [1.165, 1.54) is 6.07 Å². The van der Waals surface area contributed by atoms with E-state index in [-0.39, 0.29) is 30.3 Å². The Labute approximate surface area is 118 Å². The van der Waals surface area contributed by atoms with Crippen LogP contribution in [0, 0.1) is 17.0 Å². The molecule has 1 amide bonds.